The number of hydrogen-bond donors (Lipinski definition) is 1. The first kappa shape index (κ1) is 12.6. The maximum absolute atomic E-state index is 10.8. The van der Waals surface area contributed by atoms with Crippen LogP contribution in [0.2, 0.25) is 0 Å². The van der Waals surface area contributed by atoms with Crippen LogP contribution in [-0.2, 0) is 11.2 Å². The van der Waals surface area contributed by atoms with Gasteiger partial charge < -0.3 is 10.6 Å². The van der Waals surface area contributed by atoms with Gasteiger partial charge in [0.25, 0.3) is 0 Å². The van der Waals surface area contributed by atoms with Crippen LogP contribution in [0.25, 0.3) is 0 Å². The lowest BCUT2D eigenvalue weighted by molar-refractivity contribution is -0.116. The van der Waals surface area contributed by atoms with Gasteiger partial charge in [-0.1, -0.05) is 26.0 Å². The predicted octanol–water partition coefficient (Wildman–Crippen LogP) is 1.81. The Bertz CT molecular complexity index is 343. The van der Waals surface area contributed by atoms with Crippen LogP contribution in [0.1, 0.15) is 19.4 Å². The quantitative estimate of drug-likeness (QED) is 0.822. The summed E-state index contributed by atoms with van der Waals surface area (Å²) in [4.78, 5) is 12.6. The number of benzene rings is 1. The zero-order valence-electron chi connectivity index (χ0n) is 10.2. The van der Waals surface area contributed by atoms with Crippen molar-refractivity contribution in [3.63, 3.8) is 0 Å². The second-order valence-electron chi connectivity index (χ2n) is 4.59. The molecule has 0 aliphatic rings. The van der Waals surface area contributed by atoms with Gasteiger partial charge in [-0.15, -0.1) is 0 Å². The molecule has 1 aromatic carbocycles. The van der Waals surface area contributed by atoms with Gasteiger partial charge >= 0.3 is 0 Å². The highest BCUT2D eigenvalue weighted by molar-refractivity contribution is 5.79. The third kappa shape index (κ3) is 3.93. The molecule has 0 bridgehead atoms. The topological polar surface area (TPSA) is 46.3 Å². The van der Waals surface area contributed by atoms with E-state index in [2.05, 4.69) is 26.0 Å². The molecule has 88 valence electrons. The molecule has 0 fully saturated rings. The third-order valence-corrected chi connectivity index (χ3v) is 2.41. The van der Waals surface area contributed by atoms with Crippen LogP contribution in [0, 0.1) is 5.92 Å². The average Bonchev–Trinajstić information content (AvgIpc) is 2.16. The largest absolute Gasteiger partial charge is 0.368 e. The predicted molar refractivity (Wildman–Crippen MR) is 67.4 cm³/mol. The van der Waals surface area contributed by atoms with E-state index in [1.807, 2.05) is 24.1 Å². The first-order valence-corrected chi connectivity index (χ1v) is 5.57. The molecule has 3 nitrogen and oxygen atoms in total. The summed E-state index contributed by atoms with van der Waals surface area (Å²) in [5.74, 6) is 0.350. The highest BCUT2D eigenvalue weighted by Gasteiger charge is 2.04. The van der Waals surface area contributed by atoms with Gasteiger partial charge in [-0.25, -0.2) is 0 Å². The number of amides is 1. The lowest BCUT2D eigenvalue weighted by atomic mass is 10.0. The number of carbonyl (C=O) groups excluding carboxylic acids is 1. The van der Waals surface area contributed by atoms with E-state index in [4.69, 9.17) is 5.73 Å². The molecule has 0 heterocycles. The minimum Gasteiger partial charge on any atom is -0.368 e. The number of nitrogens with zero attached hydrogens (tertiary/aromatic N) is 1. The number of nitrogens with two attached hydrogens (primary N) is 1. The van der Waals surface area contributed by atoms with Crippen LogP contribution >= 0.6 is 0 Å². The van der Waals surface area contributed by atoms with Crippen LogP contribution in [0.15, 0.2) is 24.3 Å². The number of hydrogen-bond acceptors (Lipinski definition) is 2. The van der Waals surface area contributed by atoms with Crippen LogP contribution in [-0.4, -0.2) is 19.5 Å². The summed E-state index contributed by atoms with van der Waals surface area (Å²) in [6, 6.07) is 8.26. The van der Waals surface area contributed by atoms with Gasteiger partial charge in [0.15, 0.2) is 0 Å². The van der Waals surface area contributed by atoms with Crippen LogP contribution < -0.4 is 10.6 Å². The molecule has 1 amide bonds. The molecule has 0 unspecified atom stereocenters. The van der Waals surface area contributed by atoms with E-state index < -0.39 is 0 Å². The van der Waals surface area contributed by atoms with Gasteiger partial charge in [-0.3, -0.25) is 4.79 Å². The zero-order chi connectivity index (χ0) is 12.1. The molecule has 2 N–H and O–H groups in total. The first-order chi connectivity index (χ1) is 7.49. The normalized spacial score (nSPS) is 10.5. The molecule has 3 heteroatoms. The molecule has 0 saturated heterocycles. The molecule has 1 aromatic rings. The van der Waals surface area contributed by atoms with Gasteiger partial charge in [-0.2, -0.15) is 0 Å². The molecule has 16 heavy (non-hydrogen) atoms. The summed E-state index contributed by atoms with van der Waals surface area (Å²) < 4.78 is 0. The summed E-state index contributed by atoms with van der Waals surface area (Å²) >= 11 is 0. The van der Waals surface area contributed by atoms with E-state index in [1.54, 1.807) is 0 Å². The van der Waals surface area contributed by atoms with Crippen LogP contribution in [0.3, 0.4) is 0 Å². The summed E-state index contributed by atoms with van der Waals surface area (Å²) in [7, 11) is 1.86. The minimum absolute atomic E-state index is 0.253. The Morgan fingerprint density at radius 1 is 1.31 bits per heavy atom. The van der Waals surface area contributed by atoms with Crippen molar-refractivity contribution in [2.24, 2.45) is 11.7 Å². The Morgan fingerprint density at radius 3 is 2.31 bits per heavy atom. The summed E-state index contributed by atoms with van der Waals surface area (Å²) in [5, 5.41) is 0. The lowest BCUT2D eigenvalue weighted by Crippen LogP contribution is -2.30. The molecule has 0 aromatic heterocycles. The smallest absolute Gasteiger partial charge is 0.236 e. The number of likely N-dealkylation sites (N-methyl/N-ethyl adjacent to an activating group) is 1. The van der Waals surface area contributed by atoms with Crippen molar-refractivity contribution in [3.8, 4) is 0 Å². The summed E-state index contributed by atoms with van der Waals surface area (Å²) in [6.07, 6.45) is 1.08. The Kier molecular flexibility index (Phi) is 4.35. The number of rotatable bonds is 5. The lowest BCUT2D eigenvalue weighted by Gasteiger charge is -2.17. The van der Waals surface area contributed by atoms with Crippen LogP contribution in [0.5, 0.6) is 0 Å². The van der Waals surface area contributed by atoms with Crippen molar-refractivity contribution in [1.82, 2.24) is 0 Å². The van der Waals surface area contributed by atoms with E-state index in [0.717, 1.165) is 12.1 Å². The Morgan fingerprint density at radius 2 is 1.88 bits per heavy atom. The fourth-order valence-corrected chi connectivity index (χ4v) is 1.68. The van der Waals surface area contributed by atoms with E-state index in [9.17, 15) is 4.79 Å². The van der Waals surface area contributed by atoms with Gasteiger partial charge in [0.2, 0.25) is 5.91 Å². The second kappa shape index (κ2) is 5.54. The second-order valence-corrected chi connectivity index (χ2v) is 4.59. The Balaban J connectivity index is 2.66. The third-order valence-electron chi connectivity index (χ3n) is 2.41. The monoisotopic (exact) mass is 220 g/mol. The summed E-state index contributed by atoms with van der Waals surface area (Å²) in [6.45, 7) is 4.66. The fraction of sp³-hybridized carbons (Fsp3) is 0.462. The Labute approximate surface area is 97.2 Å². The van der Waals surface area contributed by atoms with Crippen molar-refractivity contribution < 1.29 is 4.79 Å². The van der Waals surface area contributed by atoms with Gasteiger partial charge in [0.1, 0.15) is 0 Å². The van der Waals surface area contributed by atoms with E-state index in [-0.39, 0.29) is 12.5 Å². The maximum atomic E-state index is 10.8. The molecule has 0 atom stereocenters. The molecule has 1 rings (SSSR count). The Hall–Kier alpha value is -1.51. The summed E-state index contributed by atoms with van der Waals surface area (Å²) in [5.41, 5.74) is 7.49. The van der Waals surface area contributed by atoms with E-state index in [0.29, 0.717) is 5.92 Å². The van der Waals surface area contributed by atoms with Gasteiger partial charge in [-0.05, 0) is 30.0 Å². The number of carbonyl (C=O) groups is 1. The molecule has 0 spiro atoms. The molecule has 0 saturated carbocycles. The SMILES string of the molecule is CC(C)Cc1ccc(N(C)CC(N)=O)cc1. The van der Waals surface area contributed by atoms with Crippen molar-refractivity contribution in [2.75, 3.05) is 18.5 Å². The van der Waals surface area contributed by atoms with Crippen molar-refractivity contribution in [1.29, 1.82) is 0 Å². The molecule has 0 radical (unpaired) electrons. The van der Waals surface area contributed by atoms with Crippen molar-refractivity contribution in [2.45, 2.75) is 20.3 Å². The maximum Gasteiger partial charge on any atom is 0.236 e. The highest BCUT2D eigenvalue weighted by atomic mass is 16.1. The standard InChI is InChI=1S/C13H20N2O/c1-10(2)8-11-4-6-12(7-5-11)15(3)9-13(14)16/h4-7,10H,8-9H2,1-3H3,(H2,14,16). The van der Waals surface area contributed by atoms with E-state index >= 15 is 0 Å². The molecule has 0 aliphatic heterocycles. The number of anilines is 1. The minimum atomic E-state index is -0.311. The van der Waals surface area contributed by atoms with E-state index in [1.165, 1.54) is 5.56 Å². The van der Waals surface area contributed by atoms with Gasteiger partial charge in [0.05, 0.1) is 6.54 Å². The average molecular weight is 220 g/mol. The molecular weight excluding hydrogens is 200 g/mol. The van der Waals surface area contributed by atoms with Crippen LogP contribution in [0.4, 0.5) is 5.69 Å². The molecular formula is C13H20N2O. The zero-order valence-corrected chi connectivity index (χ0v) is 10.2. The van der Waals surface area contributed by atoms with Gasteiger partial charge in [0, 0.05) is 12.7 Å². The highest BCUT2D eigenvalue weighted by Crippen LogP contribution is 2.15. The van der Waals surface area contributed by atoms with Crippen molar-refractivity contribution in [3.05, 3.63) is 29.8 Å². The number of primary amides is 1. The molecule has 0 aliphatic carbocycles. The first-order valence-electron chi connectivity index (χ1n) is 5.57. The fourth-order valence-electron chi connectivity index (χ4n) is 1.68. The van der Waals surface area contributed by atoms with Crippen molar-refractivity contribution >= 4 is 11.6 Å².